The van der Waals surface area contributed by atoms with Gasteiger partial charge in [-0.25, -0.2) is 0 Å². The van der Waals surface area contributed by atoms with Crippen molar-refractivity contribution >= 4 is 51.0 Å². The van der Waals surface area contributed by atoms with Crippen molar-refractivity contribution in [3.8, 4) is 0 Å². The molecule has 0 spiro atoms. The summed E-state index contributed by atoms with van der Waals surface area (Å²) >= 11 is 7.95. The SMILES string of the molecule is Nc1cc2oc3c(Cl)cccc3c2cc1SCc1ccccc1. The van der Waals surface area contributed by atoms with E-state index in [9.17, 15) is 0 Å². The van der Waals surface area contributed by atoms with Crippen molar-refractivity contribution in [3.05, 3.63) is 71.2 Å². The van der Waals surface area contributed by atoms with E-state index in [1.165, 1.54) is 5.56 Å². The maximum absolute atomic E-state index is 6.22. The summed E-state index contributed by atoms with van der Waals surface area (Å²) in [6.07, 6.45) is 0. The highest BCUT2D eigenvalue weighted by Gasteiger charge is 2.12. The number of nitrogen functional groups attached to an aromatic ring is 1. The molecule has 4 rings (SSSR count). The molecular weight excluding hydrogens is 326 g/mol. The molecule has 1 heterocycles. The first-order valence-electron chi connectivity index (χ1n) is 7.29. The van der Waals surface area contributed by atoms with Gasteiger partial charge >= 0.3 is 0 Å². The Bertz CT molecular complexity index is 995. The lowest BCUT2D eigenvalue weighted by Gasteiger charge is -2.06. The van der Waals surface area contributed by atoms with Gasteiger partial charge in [-0.1, -0.05) is 54.1 Å². The van der Waals surface area contributed by atoms with Gasteiger partial charge in [-0.15, -0.1) is 11.8 Å². The van der Waals surface area contributed by atoms with E-state index in [2.05, 4.69) is 18.2 Å². The zero-order chi connectivity index (χ0) is 15.8. The molecule has 3 aromatic carbocycles. The zero-order valence-electron chi connectivity index (χ0n) is 12.3. The van der Waals surface area contributed by atoms with Crippen LogP contribution < -0.4 is 5.73 Å². The summed E-state index contributed by atoms with van der Waals surface area (Å²) in [5, 5.41) is 2.69. The number of furan rings is 1. The van der Waals surface area contributed by atoms with E-state index in [0.717, 1.165) is 32.7 Å². The maximum Gasteiger partial charge on any atom is 0.153 e. The first-order valence-corrected chi connectivity index (χ1v) is 8.66. The van der Waals surface area contributed by atoms with Crippen molar-refractivity contribution in [2.75, 3.05) is 5.73 Å². The topological polar surface area (TPSA) is 39.2 Å². The molecule has 0 aliphatic carbocycles. The average molecular weight is 340 g/mol. The molecule has 0 saturated carbocycles. The van der Waals surface area contributed by atoms with Crippen LogP contribution in [0.3, 0.4) is 0 Å². The number of hydrogen-bond acceptors (Lipinski definition) is 3. The second-order valence-electron chi connectivity index (χ2n) is 5.38. The predicted molar refractivity (Wildman–Crippen MR) is 99.1 cm³/mol. The number of thioether (sulfide) groups is 1. The maximum atomic E-state index is 6.22. The number of halogens is 1. The van der Waals surface area contributed by atoms with Crippen LogP contribution in [0.1, 0.15) is 5.56 Å². The Labute approximate surface area is 143 Å². The van der Waals surface area contributed by atoms with Gasteiger partial charge in [0.2, 0.25) is 0 Å². The molecule has 0 unspecified atom stereocenters. The standard InChI is InChI=1S/C19H14ClNOS/c20-15-8-4-7-13-14-9-18(16(21)10-17(14)22-19(13)15)23-11-12-5-2-1-3-6-12/h1-10H,11,21H2. The minimum atomic E-state index is 0.621. The van der Waals surface area contributed by atoms with E-state index < -0.39 is 0 Å². The summed E-state index contributed by atoms with van der Waals surface area (Å²) in [7, 11) is 0. The summed E-state index contributed by atoms with van der Waals surface area (Å²) < 4.78 is 5.86. The highest BCUT2D eigenvalue weighted by molar-refractivity contribution is 7.98. The van der Waals surface area contributed by atoms with Crippen molar-refractivity contribution in [1.82, 2.24) is 0 Å². The molecule has 0 amide bonds. The van der Waals surface area contributed by atoms with E-state index in [-0.39, 0.29) is 0 Å². The monoisotopic (exact) mass is 339 g/mol. The molecule has 0 saturated heterocycles. The molecule has 0 bridgehead atoms. The Kier molecular flexibility index (Phi) is 3.68. The van der Waals surface area contributed by atoms with Gasteiger partial charge in [0.15, 0.2) is 5.58 Å². The van der Waals surface area contributed by atoms with E-state index >= 15 is 0 Å². The summed E-state index contributed by atoms with van der Waals surface area (Å²) in [5.74, 6) is 0.882. The van der Waals surface area contributed by atoms with Crippen LogP contribution in [0.5, 0.6) is 0 Å². The van der Waals surface area contributed by atoms with Crippen molar-refractivity contribution < 1.29 is 4.42 Å². The van der Waals surface area contributed by atoms with Crippen LogP contribution in [0.15, 0.2) is 70.0 Å². The smallest absolute Gasteiger partial charge is 0.153 e. The minimum Gasteiger partial charge on any atom is -0.454 e. The quantitative estimate of drug-likeness (QED) is 0.361. The third-order valence-corrected chi connectivity index (χ3v) is 5.26. The van der Waals surface area contributed by atoms with Crippen LogP contribution in [0, 0.1) is 0 Å². The first kappa shape index (κ1) is 14.5. The predicted octanol–water partition coefficient (Wildman–Crippen LogP) is 6.11. The van der Waals surface area contributed by atoms with Gasteiger partial charge in [-0.3, -0.25) is 0 Å². The Morgan fingerprint density at radius 3 is 2.61 bits per heavy atom. The number of benzene rings is 3. The molecular formula is C19H14ClNOS. The van der Waals surface area contributed by atoms with Crippen molar-refractivity contribution in [2.45, 2.75) is 10.6 Å². The molecule has 1 aromatic heterocycles. The Morgan fingerprint density at radius 2 is 1.78 bits per heavy atom. The molecule has 4 aromatic rings. The molecule has 2 nitrogen and oxygen atoms in total. The van der Waals surface area contributed by atoms with Crippen LogP contribution in [-0.4, -0.2) is 0 Å². The third kappa shape index (κ3) is 2.67. The number of rotatable bonds is 3. The average Bonchev–Trinajstić information content (AvgIpc) is 2.92. The lowest BCUT2D eigenvalue weighted by atomic mass is 10.1. The Hall–Kier alpha value is -2.10. The minimum absolute atomic E-state index is 0.621. The lowest BCUT2D eigenvalue weighted by molar-refractivity contribution is 0.669. The largest absolute Gasteiger partial charge is 0.454 e. The fourth-order valence-electron chi connectivity index (χ4n) is 2.67. The van der Waals surface area contributed by atoms with Crippen molar-refractivity contribution in [2.24, 2.45) is 0 Å². The summed E-state index contributed by atoms with van der Waals surface area (Å²) in [5.41, 5.74) is 9.69. The van der Waals surface area contributed by atoms with E-state index in [0.29, 0.717) is 10.6 Å². The number of fused-ring (bicyclic) bond motifs is 3. The molecule has 0 aliphatic rings. The highest BCUT2D eigenvalue weighted by Crippen LogP contribution is 2.38. The normalized spacial score (nSPS) is 11.3. The van der Waals surface area contributed by atoms with E-state index in [4.69, 9.17) is 21.8 Å². The third-order valence-electron chi connectivity index (χ3n) is 3.82. The number of nitrogens with two attached hydrogens (primary N) is 1. The fraction of sp³-hybridized carbons (Fsp3) is 0.0526. The van der Waals surface area contributed by atoms with Gasteiger partial charge in [0.1, 0.15) is 5.58 Å². The highest BCUT2D eigenvalue weighted by atomic mass is 35.5. The van der Waals surface area contributed by atoms with Crippen LogP contribution in [0.2, 0.25) is 5.02 Å². The molecule has 114 valence electrons. The second-order valence-corrected chi connectivity index (χ2v) is 6.80. The van der Waals surface area contributed by atoms with Gasteiger partial charge in [0, 0.05) is 33.2 Å². The Morgan fingerprint density at radius 1 is 0.957 bits per heavy atom. The van der Waals surface area contributed by atoms with Crippen LogP contribution in [0.25, 0.3) is 21.9 Å². The van der Waals surface area contributed by atoms with Gasteiger partial charge < -0.3 is 10.2 Å². The van der Waals surface area contributed by atoms with Gasteiger partial charge in [-0.2, -0.15) is 0 Å². The van der Waals surface area contributed by atoms with Gasteiger partial charge in [0.05, 0.1) is 5.02 Å². The lowest BCUT2D eigenvalue weighted by Crippen LogP contribution is -1.89. The first-order chi connectivity index (χ1) is 11.2. The van der Waals surface area contributed by atoms with Crippen LogP contribution in [-0.2, 0) is 5.75 Å². The number of para-hydroxylation sites is 1. The van der Waals surface area contributed by atoms with E-state index in [1.54, 1.807) is 11.8 Å². The summed E-state index contributed by atoms with van der Waals surface area (Å²) in [6, 6.07) is 20.1. The molecule has 2 N–H and O–H groups in total. The van der Waals surface area contributed by atoms with Gasteiger partial charge in [-0.05, 0) is 17.7 Å². The molecule has 23 heavy (non-hydrogen) atoms. The van der Waals surface area contributed by atoms with Crippen LogP contribution >= 0.6 is 23.4 Å². The van der Waals surface area contributed by atoms with Crippen molar-refractivity contribution in [3.63, 3.8) is 0 Å². The van der Waals surface area contributed by atoms with E-state index in [1.807, 2.05) is 42.5 Å². The summed E-state index contributed by atoms with van der Waals surface area (Å²) in [4.78, 5) is 1.06. The molecule has 0 atom stereocenters. The fourth-order valence-corrected chi connectivity index (χ4v) is 3.82. The second kappa shape index (κ2) is 5.84. The van der Waals surface area contributed by atoms with Crippen LogP contribution in [0.4, 0.5) is 5.69 Å². The molecule has 0 radical (unpaired) electrons. The zero-order valence-corrected chi connectivity index (χ0v) is 13.8. The number of anilines is 1. The molecule has 0 fully saturated rings. The van der Waals surface area contributed by atoms with Crippen molar-refractivity contribution in [1.29, 1.82) is 0 Å². The molecule has 4 heteroatoms. The molecule has 0 aliphatic heterocycles. The number of hydrogen-bond donors (Lipinski definition) is 1. The van der Waals surface area contributed by atoms with Gasteiger partial charge in [0.25, 0.3) is 0 Å². The summed E-state index contributed by atoms with van der Waals surface area (Å²) in [6.45, 7) is 0. The Balaban J connectivity index is 1.76.